The summed E-state index contributed by atoms with van der Waals surface area (Å²) in [6.45, 7) is 9.58. The summed E-state index contributed by atoms with van der Waals surface area (Å²) in [7, 11) is 1.55. The van der Waals surface area contributed by atoms with Crippen LogP contribution in [0.3, 0.4) is 0 Å². The van der Waals surface area contributed by atoms with Crippen molar-refractivity contribution in [3.63, 3.8) is 0 Å². The van der Waals surface area contributed by atoms with Crippen LogP contribution in [-0.4, -0.2) is 58.5 Å². The van der Waals surface area contributed by atoms with Crippen molar-refractivity contribution in [1.82, 2.24) is 30.4 Å². The molecule has 4 amide bonds. The van der Waals surface area contributed by atoms with Crippen molar-refractivity contribution in [2.45, 2.75) is 53.2 Å². The molecule has 1 aliphatic heterocycles. The number of carbonyl (C=O) groups is 3. The molecule has 1 aromatic carbocycles. The molecule has 1 aromatic heterocycles. The smallest absolute Gasteiger partial charge is 0.317 e. The van der Waals surface area contributed by atoms with Gasteiger partial charge in [-0.25, -0.2) is 9.78 Å². The molecule has 3 rings (SSSR count). The summed E-state index contributed by atoms with van der Waals surface area (Å²) in [5.74, 6) is -0.0235. The summed E-state index contributed by atoms with van der Waals surface area (Å²) in [6, 6.07) is 8.76. The Bertz CT molecular complexity index is 1010. The zero-order valence-electron chi connectivity index (χ0n) is 20.1. The maximum atomic E-state index is 13.4. The van der Waals surface area contributed by atoms with Gasteiger partial charge in [0.05, 0.1) is 12.2 Å². The molecule has 0 saturated carbocycles. The highest BCUT2D eigenvalue weighted by molar-refractivity contribution is 5.98. The van der Waals surface area contributed by atoms with E-state index in [9.17, 15) is 14.4 Å². The third kappa shape index (κ3) is 5.35. The number of benzene rings is 1. The maximum absolute atomic E-state index is 13.4. The van der Waals surface area contributed by atoms with Gasteiger partial charge in [-0.05, 0) is 11.8 Å². The number of nitrogens with one attached hydrogen (secondary N) is 3. The van der Waals surface area contributed by atoms with Crippen molar-refractivity contribution in [3.8, 4) is 11.4 Å². The molecule has 0 radical (unpaired) electrons. The summed E-state index contributed by atoms with van der Waals surface area (Å²) < 4.78 is 2.00. The van der Waals surface area contributed by atoms with Crippen molar-refractivity contribution in [2.75, 3.05) is 20.1 Å². The number of urea groups is 1. The molecular formula is C24H34N6O3. The highest BCUT2D eigenvalue weighted by Crippen LogP contribution is 2.27. The Balaban J connectivity index is 1.99. The Morgan fingerprint density at radius 3 is 2.42 bits per heavy atom. The lowest BCUT2D eigenvalue weighted by atomic mass is 9.86. The first kappa shape index (κ1) is 24.3. The van der Waals surface area contributed by atoms with Crippen molar-refractivity contribution >= 4 is 17.8 Å². The topological polar surface area (TPSA) is 108 Å². The van der Waals surface area contributed by atoms with Gasteiger partial charge in [-0.2, -0.15) is 0 Å². The Morgan fingerprint density at radius 2 is 1.82 bits per heavy atom. The lowest BCUT2D eigenvalue weighted by Crippen LogP contribution is -2.53. The van der Waals surface area contributed by atoms with Gasteiger partial charge in [0.1, 0.15) is 11.9 Å². The first-order valence-corrected chi connectivity index (χ1v) is 11.4. The highest BCUT2D eigenvalue weighted by atomic mass is 16.2. The molecule has 0 unspecified atom stereocenters. The van der Waals surface area contributed by atoms with Crippen LogP contribution in [0.25, 0.3) is 11.4 Å². The lowest BCUT2D eigenvalue weighted by Gasteiger charge is -2.31. The van der Waals surface area contributed by atoms with E-state index in [1.807, 2.05) is 62.6 Å². The Kier molecular flexibility index (Phi) is 7.40. The minimum atomic E-state index is -0.736. The van der Waals surface area contributed by atoms with Crippen LogP contribution in [0.4, 0.5) is 4.79 Å². The summed E-state index contributed by atoms with van der Waals surface area (Å²) >= 11 is 0. The van der Waals surface area contributed by atoms with E-state index in [4.69, 9.17) is 4.98 Å². The molecule has 178 valence electrons. The van der Waals surface area contributed by atoms with Gasteiger partial charge < -0.3 is 25.4 Å². The fourth-order valence-electron chi connectivity index (χ4n) is 3.89. The molecule has 33 heavy (non-hydrogen) atoms. The van der Waals surface area contributed by atoms with Crippen molar-refractivity contribution in [3.05, 3.63) is 41.7 Å². The summed E-state index contributed by atoms with van der Waals surface area (Å²) in [4.78, 5) is 44.9. The van der Waals surface area contributed by atoms with Crippen LogP contribution in [-0.2, 0) is 17.9 Å². The van der Waals surface area contributed by atoms with E-state index in [0.717, 1.165) is 12.0 Å². The van der Waals surface area contributed by atoms with Gasteiger partial charge in [-0.1, -0.05) is 58.0 Å². The Labute approximate surface area is 194 Å². The quantitative estimate of drug-likeness (QED) is 0.623. The summed E-state index contributed by atoms with van der Waals surface area (Å²) in [5.41, 5.74) is 1.29. The van der Waals surface area contributed by atoms with E-state index in [0.29, 0.717) is 31.2 Å². The molecule has 0 fully saturated rings. The van der Waals surface area contributed by atoms with E-state index in [1.54, 1.807) is 11.9 Å². The van der Waals surface area contributed by atoms with Crippen molar-refractivity contribution in [1.29, 1.82) is 0 Å². The Hall–Kier alpha value is -3.36. The van der Waals surface area contributed by atoms with Gasteiger partial charge in [0.25, 0.3) is 5.91 Å². The Morgan fingerprint density at radius 1 is 1.12 bits per heavy atom. The molecule has 3 N–H and O–H groups in total. The molecule has 1 atom stereocenters. The number of nitrogens with zero attached hydrogens (tertiary/aromatic N) is 3. The van der Waals surface area contributed by atoms with E-state index >= 15 is 0 Å². The SMILES string of the molecule is CCCNC(=O)N1CCn2c(-c3ccccc3)nc(C(=O)N[C@H](C(=O)NC)C(C)(C)C)c2C1. The second-order valence-electron chi connectivity index (χ2n) is 9.29. The van der Waals surface area contributed by atoms with Gasteiger partial charge in [0.15, 0.2) is 5.69 Å². The molecule has 9 heteroatoms. The average Bonchev–Trinajstić information content (AvgIpc) is 3.19. The van der Waals surface area contributed by atoms with E-state index in [-0.39, 0.29) is 24.2 Å². The first-order valence-electron chi connectivity index (χ1n) is 11.4. The average molecular weight is 455 g/mol. The molecule has 0 bridgehead atoms. The molecule has 2 heterocycles. The number of imidazole rings is 1. The van der Waals surface area contributed by atoms with Crippen LogP contribution in [0.5, 0.6) is 0 Å². The van der Waals surface area contributed by atoms with Crippen LogP contribution < -0.4 is 16.0 Å². The number of hydrogen-bond acceptors (Lipinski definition) is 4. The summed E-state index contributed by atoms with van der Waals surface area (Å²) in [5, 5.41) is 8.39. The van der Waals surface area contributed by atoms with Crippen molar-refractivity contribution < 1.29 is 14.4 Å². The molecule has 2 aromatic rings. The number of hydrogen-bond donors (Lipinski definition) is 3. The van der Waals surface area contributed by atoms with Gasteiger partial charge >= 0.3 is 6.03 Å². The normalized spacial score (nSPS) is 14.3. The monoisotopic (exact) mass is 454 g/mol. The predicted octanol–water partition coefficient (Wildman–Crippen LogP) is 2.38. The molecule has 0 saturated heterocycles. The fourth-order valence-corrected chi connectivity index (χ4v) is 3.89. The van der Waals surface area contributed by atoms with Crippen LogP contribution in [0.15, 0.2) is 30.3 Å². The zero-order chi connectivity index (χ0) is 24.2. The number of carbonyl (C=O) groups excluding carboxylic acids is 3. The second-order valence-corrected chi connectivity index (χ2v) is 9.29. The van der Waals surface area contributed by atoms with Crippen LogP contribution in [0.1, 0.15) is 50.3 Å². The standard InChI is InChI=1S/C24H34N6O3/c1-6-12-26-23(33)29-13-14-30-17(15-29)18(27-20(30)16-10-8-7-9-11-16)21(31)28-19(22(32)25-5)24(2,3)4/h7-11,19H,6,12-15H2,1-5H3,(H,25,32)(H,26,33)(H,28,31)/t19-/m1/s1. The van der Waals surface area contributed by atoms with E-state index in [2.05, 4.69) is 16.0 Å². The molecule has 0 aliphatic carbocycles. The van der Waals surface area contributed by atoms with Crippen LogP contribution >= 0.6 is 0 Å². The number of likely N-dealkylation sites (N-methyl/N-ethyl adjacent to an activating group) is 1. The molecule has 0 spiro atoms. The van der Waals surface area contributed by atoms with Gasteiger partial charge in [0.2, 0.25) is 5.91 Å². The molecular weight excluding hydrogens is 420 g/mol. The van der Waals surface area contributed by atoms with Gasteiger partial charge in [-0.3, -0.25) is 9.59 Å². The van der Waals surface area contributed by atoms with Crippen molar-refractivity contribution in [2.24, 2.45) is 5.41 Å². The van der Waals surface area contributed by atoms with E-state index < -0.39 is 17.4 Å². The number of rotatable bonds is 6. The highest BCUT2D eigenvalue weighted by Gasteiger charge is 2.35. The number of aromatic nitrogens is 2. The predicted molar refractivity (Wildman–Crippen MR) is 127 cm³/mol. The zero-order valence-corrected chi connectivity index (χ0v) is 20.1. The second kappa shape index (κ2) is 10.1. The number of amides is 4. The van der Waals surface area contributed by atoms with Crippen LogP contribution in [0, 0.1) is 5.41 Å². The number of fused-ring (bicyclic) bond motifs is 1. The third-order valence-electron chi connectivity index (χ3n) is 5.72. The van der Waals surface area contributed by atoms with E-state index in [1.165, 1.54) is 0 Å². The lowest BCUT2D eigenvalue weighted by molar-refractivity contribution is -0.124. The van der Waals surface area contributed by atoms with Crippen LogP contribution in [0.2, 0.25) is 0 Å². The largest absolute Gasteiger partial charge is 0.357 e. The summed E-state index contributed by atoms with van der Waals surface area (Å²) in [6.07, 6.45) is 0.844. The molecule has 1 aliphatic rings. The minimum Gasteiger partial charge on any atom is -0.357 e. The van der Waals surface area contributed by atoms with Gasteiger partial charge in [-0.15, -0.1) is 0 Å². The van der Waals surface area contributed by atoms with Gasteiger partial charge in [0, 0.05) is 32.2 Å². The minimum absolute atomic E-state index is 0.158. The fraction of sp³-hybridized carbons (Fsp3) is 0.500. The first-order chi connectivity index (χ1) is 15.7. The molecule has 9 nitrogen and oxygen atoms in total. The third-order valence-corrected chi connectivity index (χ3v) is 5.72. The maximum Gasteiger partial charge on any atom is 0.317 e.